The second-order valence-corrected chi connectivity index (χ2v) is 6.58. The van der Waals surface area contributed by atoms with Crippen molar-refractivity contribution in [3.8, 4) is 11.5 Å². The molecule has 1 aliphatic rings. The van der Waals surface area contributed by atoms with Crippen LogP contribution in [0.4, 0.5) is 0 Å². The first-order valence-electron chi connectivity index (χ1n) is 9.00. The molecule has 0 saturated heterocycles. The van der Waals surface area contributed by atoms with E-state index in [2.05, 4.69) is 11.8 Å². The van der Waals surface area contributed by atoms with E-state index in [0.29, 0.717) is 18.0 Å². The summed E-state index contributed by atoms with van der Waals surface area (Å²) in [6.07, 6.45) is 7.30. The van der Waals surface area contributed by atoms with Crippen LogP contribution < -0.4 is 9.47 Å². The summed E-state index contributed by atoms with van der Waals surface area (Å²) in [4.78, 5) is 2.36. The molecule has 0 bridgehead atoms. The Morgan fingerprint density at radius 1 is 1.33 bits per heavy atom. The van der Waals surface area contributed by atoms with E-state index in [-0.39, 0.29) is 6.61 Å². The number of aliphatic hydroxyl groups is 1. The number of methoxy groups -OCH3 is 1. The average Bonchev–Trinajstić information content (AvgIpc) is 3.38. The first-order chi connectivity index (χ1) is 11.7. The van der Waals surface area contributed by atoms with Crippen molar-refractivity contribution in [3.05, 3.63) is 29.8 Å². The summed E-state index contributed by atoms with van der Waals surface area (Å²) in [7, 11) is 1.64. The van der Waals surface area contributed by atoms with Gasteiger partial charge in [0.1, 0.15) is 12.7 Å². The molecular weight excluding hydrogens is 302 g/mol. The molecule has 1 aromatic rings. The molecule has 134 valence electrons. The molecule has 1 aliphatic carbocycles. The van der Waals surface area contributed by atoms with Gasteiger partial charge >= 0.3 is 0 Å². The molecule has 0 heterocycles. The minimum atomic E-state index is -0.491. The molecule has 1 atom stereocenters. The number of aliphatic hydroxyl groups excluding tert-OH is 1. The van der Waals surface area contributed by atoms with Gasteiger partial charge in [-0.15, -0.1) is 0 Å². The first-order valence-corrected chi connectivity index (χ1v) is 9.00. The summed E-state index contributed by atoms with van der Waals surface area (Å²) >= 11 is 0. The maximum absolute atomic E-state index is 10.3. The van der Waals surface area contributed by atoms with E-state index in [1.165, 1.54) is 12.8 Å². The highest BCUT2D eigenvalue weighted by Gasteiger charge is 2.25. The van der Waals surface area contributed by atoms with Crippen molar-refractivity contribution in [2.24, 2.45) is 5.92 Å². The van der Waals surface area contributed by atoms with Crippen LogP contribution in [-0.4, -0.2) is 49.5 Å². The number of benzene rings is 1. The van der Waals surface area contributed by atoms with E-state index in [1.807, 2.05) is 37.3 Å². The van der Waals surface area contributed by atoms with Gasteiger partial charge in [-0.3, -0.25) is 0 Å². The van der Waals surface area contributed by atoms with Crippen LogP contribution in [0.1, 0.15) is 38.7 Å². The Labute approximate surface area is 146 Å². The monoisotopic (exact) mass is 333 g/mol. The molecule has 4 nitrogen and oxygen atoms in total. The summed E-state index contributed by atoms with van der Waals surface area (Å²) in [5.41, 5.74) is 1.07. The molecule has 24 heavy (non-hydrogen) atoms. The second kappa shape index (κ2) is 9.70. The molecule has 1 unspecified atom stereocenters. The van der Waals surface area contributed by atoms with Gasteiger partial charge in [-0.25, -0.2) is 0 Å². The van der Waals surface area contributed by atoms with Crippen LogP contribution >= 0.6 is 0 Å². The van der Waals surface area contributed by atoms with Crippen LogP contribution in [0.3, 0.4) is 0 Å². The zero-order valence-electron chi connectivity index (χ0n) is 15.2. The minimum absolute atomic E-state index is 0.282. The number of ether oxygens (including phenoxy) is 2. The van der Waals surface area contributed by atoms with Gasteiger partial charge in [-0.2, -0.15) is 0 Å². The summed E-state index contributed by atoms with van der Waals surface area (Å²) in [5.74, 6) is 2.21. The Morgan fingerprint density at radius 3 is 2.75 bits per heavy atom. The number of rotatable bonds is 11. The van der Waals surface area contributed by atoms with E-state index in [1.54, 1.807) is 7.11 Å². The van der Waals surface area contributed by atoms with Gasteiger partial charge in [0.2, 0.25) is 0 Å². The van der Waals surface area contributed by atoms with Crippen molar-refractivity contribution < 1.29 is 14.6 Å². The highest BCUT2D eigenvalue weighted by Crippen LogP contribution is 2.30. The van der Waals surface area contributed by atoms with Crippen LogP contribution in [0.25, 0.3) is 6.08 Å². The van der Waals surface area contributed by atoms with Crippen molar-refractivity contribution >= 4 is 6.08 Å². The molecule has 0 aliphatic heterocycles. The van der Waals surface area contributed by atoms with Gasteiger partial charge in [-0.1, -0.05) is 25.1 Å². The van der Waals surface area contributed by atoms with E-state index < -0.39 is 6.10 Å². The molecule has 1 aromatic carbocycles. The van der Waals surface area contributed by atoms with Gasteiger partial charge in [0.15, 0.2) is 11.5 Å². The Morgan fingerprint density at radius 2 is 2.12 bits per heavy atom. The Kier molecular flexibility index (Phi) is 7.60. The molecule has 1 fully saturated rings. The van der Waals surface area contributed by atoms with Crippen molar-refractivity contribution in [1.29, 1.82) is 0 Å². The van der Waals surface area contributed by atoms with Gasteiger partial charge in [0, 0.05) is 13.1 Å². The van der Waals surface area contributed by atoms with Crippen molar-refractivity contribution in [2.45, 2.75) is 39.2 Å². The van der Waals surface area contributed by atoms with Crippen molar-refractivity contribution in [2.75, 3.05) is 33.4 Å². The maximum Gasteiger partial charge on any atom is 0.161 e. The third-order valence-corrected chi connectivity index (χ3v) is 4.20. The molecule has 1 saturated carbocycles. The SMILES string of the molecule is CC=Cc1ccc(OCC(O)CN(CCC)CC2CC2)c(OC)c1. The van der Waals surface area contributed by atoms with Crippen LogP contribution in [0.15, 0.2) is 24.3 Å². The van der Waals surface area contributed by atoms with Crippen molar-refractivity contribution in [1.82, 2.24) is 4.90 Å². The summed E-state index contributed by atoms with van der Waals surface area (Å²) in [6.45, 7) is 7.26. The highest BCUT2D eigenvalue weighted by atomic mass is 16.5. The Bertz CT molecular complexity index is 526. The normalized spacial score (nSPS) is 15.9. The topological polar surface area (TPSA) is 41.9 Å². The van der Waals surface area contributed by atoms with E-state index >= 15 is 0 Å². The summed E-state index contributed by atoms with van der Waals surface area (Å²) in [5, 5.41) is 10.3. The predicted octanol–water partition coefficient (Wildman–Crippen LogP) is 3.59. The van der Waals surface area contributed by atoms with Gasteiger partial charge in [0.05, 0.1) is 7.11 Å². The van der Waals surface area contributed by atoms with Gasteiger partial charge < -0.3 is 19.5 Å². The number of allylic oxidation sites excluding steroid dienone is 1. The molecule has 0 spiro atoms. The Balaban J connectivity index is 1.86. The number of hydrogen-bond acceptors (Lipinski definition) is 4. The average molecular weight is 333 g/mol. The molecular formula is C20H31NO3. The van der Waals surface area contributed by atoms with Crippen LogP contribution in [-0.2, 0) is 0 Å². The third kappa shape index (κ3) is 6.17. The molecule has 4 heteroatoms. The molecule has 0 amide bonds. The lowest BCUT2D eigenvalue weighted by molar-refractivity contribution is 0.0656. The zero-order chi connectivity index (χ0) is 17.4. The largest absolute Gasteiger partial charge is 0.493 e. The lowest BCUT2D eigenvalue weighted by Gasteiger charge is -2.24. The standard InChI is InChI=1S/C20H31NO3/c1-4-6-16-9-10-19(20(12-16)23-3)24-15-18(22)14-21(11-5-2)13-17-7-8-17/h4,6,9-10,12,17-18,22H,5,7-8,11,13-15H2,1-3H3. The van der Waals surface area contributed by atoms with Gasteiger partial charge in [-0.05, 0) is 56.3 Å². The smallest absolute Gasteiger partial charge is 0.161 e. The number of nitrogens with zero attached hydrogens (tertiary/aromatic N) is 1. The fourth-order valence-electron chi connectivity index (χ4n) is 2.88. The van der Waals surface area contributed by atoms with E-state index in [4.69, 9.17) is 9.47 Å². The van der Waals surface area contributed by atoms with E-state index in [9.17, 15) is 5.11 Å². The summed E-state index contributed by atoms with van der Waals surface area (Å²) in [6, 6.07) is 5.83. The van der Waals surface area contributed by atoms with Gasteiger partial charge in [0.25, 0.3) is 0 Å². The van der Waals surface area contributed by atoms with Crippen molar-refractivity contribution in [3.63, 3.8) is 0 Å². The fraction of sp³-hybridized carbons (Fsp3) is 0.600. The Hall–Kier alpha value is -1.52. The maximum atomic E-state index is 10.3. The predicted molar refractivity (Wildman–Crippen MR) is 98.7 cm³/mol. The van der Waals surface area contributed by atoms with Crippen LogP contribution in [0.2, 0.25) is 0 Å². The lowest BCUT2D eigenvalue weighted by Crippen LogP contribution is -2.37. The molecule has 2 rings (SSSR count). The summed E-state index contributed by atoms with van der Waals surface area (Å²) < 4.78 is 11.2. The number of hydrogen-bond donors (Lipinski definition) is 1. The molecule has 0 radical (unpaired) electrons. The van der Waals surface area contributed by atoms with E-state index in [0.717, 1.165) is 31.0 Å². The second-order valence-electron chi connectivity index (χ2n) is 6.58. The minimum Gasteiger partial charge on any atom is -0.493 e. The molecule has 0 aromatic heterocycles. The molecule has 1 N–H and O–H groups in total. The quantitative estimate of drug-likeness (QED) is 0.672. The highest BCUT2D eigenvalue weighted by molar-refractivity contribution is 5.55. The zero-order valence-corrected chi connectivity index (χ0v) is 15.2. The van der Waals surface area contributed by atoms with Crippen LogP contribution in [0, 0.1) is 5.92 Å². The first kappa shape index (κ1) is 18.8. The lowest BCUT2D eigenvalue weighted by atomic mass is 10.2. The van der Waals surface area contributed by atoms with Crippen LogP contribution in [0.5, 0.6) is 11.5 Å². The third-order valence-electron chi connectivity index (χ3n) is 4.20. The fourth-order valence-corrected chi connectivity index (χ4v) is 2.88.